The van der Waals surface area contributed by atoms with Crippen LogP contribution < -0.4 is 14.4 Å². The van der Waals surface area contributed by atoms with E-state index in [1.807, 2.05) is 55.1 Å². The van der Waals surface area contributed by atoms with Crippen molar-refractivity contribution >= 4 is 23.2 Å². The fourth-order valence-corrected chi connectivity index (χ4v) is 6.49. The zero-order chi connectivity index (χ0) is 26.9. The Morgan fingerprint density at radius 1 is 0.795 bits per heavy atom. The standard InChI is InChI=1S/C32H35N3O4/c1-3-33(4-2)31(36)22-10-13-25(14-11-22)34(24-8-6-5-7-9-24)28-19-26-15-16-27(20-28)35(26)32(37)23-12-17-29-30(18-23)39-21-38-29/h5-14,17-18,26-28H,3-4,15-16,19-21H2,1-2H3/t26-,27+,28?. The molecule has 3 aliphatic heterocycles. The lowest BCUT2D eigenvalue weighted by atomic mass is 9.93. The van der Waals surface area contributed by atoms with Crippen LogP contribution in [-0.4, -0.2) is 59.6 Å². The zero-order valence-corrected chi connectivity index (χ0v) is 22.6. The Labute approximate surface area is 229 Å². The van der Waals surface area contributed by atoms with E-state index in [2.05, 4.69) is 46.2 Å². The zero-order valence-electron chi connectivity index (χ0n) is 22.6. The molecule has 2 saturated heterocycles. The van der Waals surface area contributed by atoms with Gasteiger partial charge in [0.15, 0.2) is 11.5 Å². The van der Waals surface area contributed by atoms with Gasteiger partial charge in [-0.1, -0.05) is 18.2 Å². The van der Waals surface area contributed by atoms with E-state index < -0.39 is 0 Å². The smallest absolute Gasteiger partial charge is 0.254 e. The van der Waals surface area contributed by atoms with Crippen LogP contribution in [0.15, 0.2) is 72.8 Å². The minimum Gasteiger partial charge on any atom is -0.454 e. The van der Waals surface area contributed by atoms with E-state index in [1.54, 1.807) is 0 Å². The molecule has 7 heteroatoms. The number of piperidine rings is 1. The van der Waals surface area contributed by atoms with Gasteiger partial charge >= 0.3 is 0 Å². The summed E-state index contributed by atoms with van der Waals surface area (Å²) in [6.45, 7) is 5.60. The molecular formula is C32H35N3O4. The number of carbonyl (C=O) groups excluding carboxylic acids is 2. The SMILES string of the molecule is CCN(CC)C(=O)c1ccc(N(c2ccccc2)C2C[C@H]3CC[C@@H](C2)N3C(=O)c2ccc3c(c2)OCO3)cc1. The van der Waals surface area contributed by atoms with Gasteiger partial charge in [-0.2, -0.15) is 0 Å². The van der Waals surface area contributed by atoms with E-state index in [4.69, 9.17) is 9.47 Å². The molecule has 0 radical (unpaired) electrons. The Balaban J connectivity index is 1.25. The van der Waals surface area contributed by atoms with Crippen molar-refractivity contribution in [1.29, 1.82) is 0 Å². The Kier molecular flexibility index (Phi) is 6.90. The predicted octanol–water partition coefficient (Wildman–Crippen LogP) is 5.87. The molecule has 0 saturated carbocycles. The van der Waals surface area contributed by atoms with Crippen molar-refractivity contribution in [2.24, 2.45) is 0 Å². The van der Waals surface area contributed by atoms with Crippen LogP contribution >= 0.6 is 0 Å². The number of rotatable bonds is 7. The van der Waals surface area contributed by atoms with Gasteiger partial charge in [-0.3, -0.25) is 9.59 Å². The number of benzene rings is 3. The number of amides is 2. The maximum atomic E-state index is 13.7. The van der Waals surface area contributed by atoms with Crippen molar-refractivity contribution in [3.63, 3.8) is 0 Å². The molecule has 0 aromatic heterocycles. The molecule has 2 amide bonds. The average molecular weight is 526 g/mol. The van der Waals surface area contributed by atoms with E-state index in [0.717, 1.165) is 37.1 Å². The second-order valence-corrected chi connectivity index (χ2v) is 10.5. The number of nitrogens with zero attached hydrogens (tertiary/aromatic N) is 3. The summed E-state index contributed by atoms with van der Waals surface area (Å²) in [5, 5.41) is 0. The normalized spacial score (nSPS) is 21.1. The summed E-state index contributed by atoms with van der Waals surface area (Å²) in [6, 6.07) is 24.6. The Morgan fingerprint density at radius 2 is 1.41 bits per heavy atom. The van der Waals surface area contributed by atoms with Gasteiger partial charge in [0, 0.05) is 53.7 Å². The third-order valence-corrected chi connectivity index (χ3v) is 8.40. The topological polar surface area (TPSA) is 62.3 Å². The summed E-state index contributed by atoms with van der Waals surface area (Å²) in [4.78, 5) is 32.9. The van der Waals surface area contributed by atoms with Crippen LogP contribution in [0.4, 0.5) is 11.4 Å². The maximum Gasteiger partial charge on any atom is 0.254 e. The Bertz CT molecular complexity index is 1330. The van der Waals surface area contributed by atoms with Crippen LogP contribution in [0.1, 0.15) is 60.2 Å². The van der Waals surface area contributed by atoms with Crippen LogP contribution in [-0.2, 0) is 0 Å². The first-order valence-corrected chi connectivity index (χ1v) is 14.0. The molecule has 0 N–H and O–H groups in total. The summed E-state index contributed by atoms with van der Waals surface area (Å²) >= 11 is 0. The highest BCUT2D eigenvalue weighted by Crippen LogP contribution is 2.43. The van der Waals surface area contributed by atoms with Gasteiger partial charge in [0.25, 0.3) is 11.8 Å². The first-order chi connectivity index (χ1) is 19.1. The fourth-order valence-electron chi connectivity index (χ4n) is 6.49. The molecule has 2 fully saturated rings. The lowest BCUT2D eigenvalue weighted by Crippen LogP contribution is -2.51. The second kappa shape index (κ2) is 10.6. The first kappa shape index (κ1) is 25.3. The van der Waals surface area contributed by atoms with Crippen LogP contribution in [0.2, 0.25) is 0 Å². The third-order valence-electron chi connectivity index (χ3n) is 8.40. The quantitative estimate of drug-likeness (QED) is 0.386. The van der Waals surface area contributed by atoms with Crippen LogP contribution in [0.25, 0.3) is 0 Å². The highest BCUT2D eigenvalue weighted by Gasteiger charge is 2.45. The summed E-state index contributed by atoms with van der Waals surface area (Å²) in [7, 11) is 0. The molecule has 0 aliphatic carbocycles. The minimum atomic E-state index is 0.0613. The Hall–Kier alpha value is -4.00. The van der Waals surface area contributed by atoms with Gasteiger partial charge in [-0.25, -0.2) is 0 Å². The largest absolute Gasteiger partial charge is 0.454 e. The van der Waals surface area contributed by atoms with E-state index in [0.29, 0.717) is 35.7 Å². The molecule has 3 aliphatic rings. The molecule has 2 bridgehead atoms. The number of anilines is 2. The molecule has 7 nitrogen and oxygen atoms in total. The third kappa shape index (κ3) is 4.71. The van der Waals surface area contributed by atoms with Crippen molar-refractivity contribution in [2.45, 2.75) is 57.7 Å². The van der Waals surface area contributed by atoms with Gasteiger partial charge < -0.3 is 24.2 Å². The summed E-state index contributed by atoms with van der Waals surface area (Å²) in [6.07, 6.45) is 3.80. The fraction of sp³-hybridized carbons (Fsp3) is 0.375. The summed E-state index contributed by atoms with van der Waals surface area (Å²) in [5.74, 6) is 1.47. The van der Waals surface area contributed by atoms with Gasteiger partial charge in [0.05, 0.1) is 0 Å². The van der Waals surface area contributed by atoms with Gasteiger partial charge in [-0.15, -0.1) is 0 Å². The number of fused-ring (bicyclic) bond motifs is 3. The lowest BCUT2D eigenvalue weighted by Gasteiger charge is -2.44. The number of carbonyl (C=O) groups is 2. The van der Waals surface area contributed by atoms with Crippen LogP contribution in [0.5, 0.6) is 11.5 Å². The molecule has 6 rings (SSSR count). The van der Waals surface area contributed by atoms with Crippen molar-refractivity contribution in [2.75, 3.05) is 24.8 Å². The Morgan fingerprint density at radius 3 is 2.08 bits per heavy atom. The van der Waals surface area contributed by atoms with Crippen LogP contribution in [0, 0.1) is 0 Å². The van der Waals surface area contributed by atoms with Gasteiger partial charge in [-0.05, 0) is 94.1 Å². The van der Waals surface area contributed by atoms with E-state index in [9.17, 15) is 9.59 Å². The van der Waals surface area contributed by atoms with Crippen molar-refractivity contribution in [1.82, 2.24) is 9.80 Å². The number of hydrogen-bond acceptors (Lipinski definition) is 5. The number of para-hydroxylation sites is 1. The number of ether oxygens (including phenoxy) is 2. The first-order valence-electron chi connectivity index (χ1n) is 14.0. The van der Waals surface area contributed by atoms with Crippen molar-refractivity contribution < 1.29 is 19.1 Å². The monoisotopic (exact) mass is 525 g/mol. The summed E-state index contributed by atoms with van der Waals surface area (Å²) in [5.41, 5.74) is 3.56. The van der Waals surface area contributed by atoms with E-state index in [1.165, 1.54) is 0 Å². The van der Waals surface area contributed by atoms with E-state index >= 15 is 0 Å². The number of hydrogen-bond donors (Lipinski definition) is 0. The van der Waals surface area contributed by atoms with Gasteiger partial charge in [0.2, 0.25) is 6.79 Å². The van der Waals surface area contributed by atoms with Crippen molar-refractivity contribution in [3.05, 3.63) is 83.9 Å². The maximum absolute atomic E-state index is 13.7. The van der Waals surface area contributed by atoms with Crippen LogP contribution in [0.3, 0.4) is 0 Å². The minimum absolute atomic E-state index is 0.0613. The van der Waals surface area contributed by atoms with Gasteiger partial charge in [0.1, 0.15) is 0 Å². The second-order valence-electron chi connectivity index (χ2n) is 10.5. The molecule has 0 spiro atoms. The molecule has 3 atom stereocenters. The molecule has 39 heavy (non-hydrogen) atoms. The predicted molar refractivity (Wildman–Crippen MR) is 151 cm³/mol. The highest BCUT2D eigenvalue weighted by molar-refractivity contribution is 5.96. The van der Waals surface area contributed by atoms with Crippen molar-refractivity contribution in [3.8, 4) is 11.5 Å². The average Bonchev–Trinajstić information content (AvgIpc) is 3.55. The van der Waals surface area contributed by atoms with E-state index in [-0.39, 0.29) is 36.7 Å². The molecular weight excluding hydrogens is 490 g/mol. The molecule has 1 unspecified atom stereocenters. The molecule has 3 heterocycles. The molecule has 202 valence electrons. The molecule has 3 aromatic rings. The summed E-state index contributed by atoms with van der Waals surface area (Å²) < 4.78 is 10.9. The molecule has 3 aromatic carbocycles. The lowest BCUT2D eigenvalue weighted by molar-refractivity contribution is 0.0574. The highest BCUT2D eigenvalue weighted by atomic mass is 16.7.